The maximum Gasteiger partial charge on any atom is 0.337 e. The van der Waals surface area contributed by atoms with E-state index in [1.165, 1.54) is 42.3 Å². The number of thiazole rings is 1. The lowest BCUT2D eigenvalue weighted by atomic mass is 9.94. The number of nitrogens with zero attached hydrogens (tertiary/aromatic N) is 2. The van der Waals surface area contributed by atoms with Gasteiger partial charge in [-0.05, 0) is 66.6 Å². The van der Waals surface area contributed by atoms with Crippen LogP contribution in [0.2, 0.25) is 0 Å². The van der Waals surface area contributed by atoms with Gasteiger partial charge in [0.05, 0.1) is 34.5 Å². The lowest BCUT2D eigenvalue weighted by Crippen LogP contribution is -2.29. The predicted octanol–water partition coefficient (Wildman–Crippen LogP) is 5.17. The molecule has 1 N–H and O–H groups in total. The van der Waals surface area contributed by atoms with Gasteiger partial charge in [-0.15, -0.1) is 0 Å². The van der Waals surface area contributed by atoms with Crippen LogP contribution in [0.4, 0.5) is 9.52 Å². The van der Waals surface area contributed by atoms with Crippen LogP contribution in [0.5, 0.6) is 5.75 Å². The van der Waals surface area contributed by atoms with E-state index in [9.17, 15) is 23.9 Å². The van der Waals surface area contributed by atoms with E-state index >= 15 is 0 Å². The number of anilines is 1. The molecule has 2 atom stereocenters. The molecular formula is C29H21FN2O6S. The number of methoxy groups -OCH3 is 1. The fourth-order valence-corrected chi connectivity index (χ4v) is 6.00. The second-order valence-electron chi connectivity index (χ2n) is 9.35. The van der Waals surface area contributed by atoms with E-state index in [-0.39, 0.29) is 28.1 Å². The fraction of sp³-hybridized carbons (Fsp3) is 0.172. The van der Waals surface area contributed by atoms with Gasteiger partial charge in [-0.25, -0.2) is 14.2 Å². The highest BCUT2D eigenvalue weighted by molar-refractivity contribution is 7.22. The summed E-state index contributed by atoms with van der Waals surface area (Å²) in [7, 11) is 1.27. The van der Waals surface area contributed by atoms with Crippen molar-refractivity contribution in [1.82, 2.24) is 4.98 Å². The van der Waals surface area contributed by atoms with Crippen LogP contribution >= 0.6 is 11.3 Å². The second-order valence-corrected chi connectivity index (χ2v) is 10.4. The quantitative estimate of drug-likeness (QED) is 0.164. The van der Waals surface area contributed by atoms with Gasteiger partial charge < -0.3 is 14.6 Å². The molecule has 0 spiro atoms. The second kappa shape index (κ2) is 9.32. The summed E-state index contributed by atoms with van der Waals surface area (Å²) >= 11 is 1.06. The molecule has 2 aliphatic rings. The number of aliphatic hydroxyl groups excluding tert-OH is 1. The Kier molecular flexibility index (Phi) is 5.91. The largest absolute Gasteiger partial charge is 0.507 e. The van der Waals surface area contributed by atoms with E-state index in [4.69, 9.17) is 9.47 Å². The highest BCUT2D eigenvalue weighted by Crippen LogP contribution is 2.45. The lowest BCUT2D eigenvalue weighted by molar-refractivity contribution is -0.132. The van der Waals surface area contributed by atoms with Crippen molar-refractivity contribution in [2.24, 2.45) is 0 Å². The van der Waals surface area contributed by atoms with Gasteiger partial charge in [-0.1, -0.05) is 23.5 Å². The average molecular weight is 545 g/mol. The number of ketones is 1. The number of aliphatic hydroxyl groups is 1. The third-order valence-electron chi connectivity index (χ3n) is 6.81. The van der Waals surface area contributed by atoms with Crippen LogP contribution in [0.15, 0.2) is 66.2 Å². The van der Waals surface area contributed by atoms with Crippen LogP contribution < -0.4 is 9.64 Å². The Morgan fingerprint density at radius 3 is 2.59 bits per heavy atom. The van der Waals surface area contributed by atoms with Crippen molar-refractivity contribution in [3.8, 4) is 5.75 Å². The van der Waals surface area contributed by atoms with Gasteiger partial charge in [0.1, 0.15) is 23.4 Å². The van der Waals surface area contributed by atoms with E-state index < -0.39 is 29.5 Å². The van der Waals surface area contributed by atoms with Crippen molar-refractivity contribution in [2.75, 3.05) is 12.0 Å². The van der Waals surface area contributed by atoms with Gasteiger partial charge in [-0.3, -0.25) is 14.5 Å². The summed E-state index contributed by atoms with van der Waals surface area (Å²) in [6.07, 6.45) is 0.631. The first-order valence-corrected chi connectivity index (χ1v) is 12.9. The number of esters is 1. The zero-order valence-corrected chi connectivity index (χ0v) is 21.6. The average Bonchev–Trinajstić information content (AvgIpc) is 3.59. The van der Waals surface area contributed by atoms with Crippen LogP contribution in [-0.2, 0) is 20.7 Å². The van der Waals surface area contributed by atoms with Crippen molar-refractivity contribution < 1.29 is 33.4 Å². The van der Waals surface area contributed by atoms with Crippen LogP contribution in [0, 0.1) is 5.82 Å². The van der Waals surface area contributed by atoms with E-state index in [0.717, 1.165) is 16.9 Å². The van der Waals surface area contributed by atoms with Crippen molar-refractivity contribution in [3.63, 3.8) is 0 Å². The molecule has 8 nitrogen and oxygen atoms in total. The highest BCUT2D eigenvalue weighted by atomic mass is 32.1. The van der Waals surface area contributed by atoms with Gasteiger partial charge in [-0.2, -0.15) is 0 Å². The minimum atomic E-state index is -1.05. The zero-order valence-electron chi connectivity index (χ0n) is 20.8. The van der Waals surface area contributed by atoms with E-state index in [1.807, 2.05) is 6.92 Å². The summed E-state index contributed by atoms with van der Waals surface area (Å²) in [5.41, 5.74) is 2.34. The standard InChI is InChI=1S/C29H21FN2O6S/c1-14-11-18-12-17(7-10-21(18)38-14)25(33)23-24(15-3-5-16(6-4-15)28(36)37-2)32(27(35)26(23)34)29-31-20-9-8-19(30)13-22(20)39-29/h3-10,12-14,24,33H,11H2,1-2H3/b25-23+/t14-,24-/m1/s1. The molecule has 1 aromatic heterocycles. The molecule has 196 valence electrons. The summed E-state index contributed by atoms with van der Waals surface area (Å²) in [4.78, 5) is 44.6. The van der Waals surface area contributed by atoms with Crippen molar-refractivity contribution in [3.05, 3.63) is 94.3 Å². The zero-order chi connectivity index (χ0) is 27.4. The SMILES string of the molecule is COC(=O)c1ccc([C@@H]2/C(=C(\O)c3ccc4c(c3)C[C@@H](C)O4)C(=O)C(=O)N2c2nc3ccc(F)cc3s2)cc1. The number of ether oxygens (including phenoxy) is 2. The van der Waals surface area contributed by atoms with Gasteiger partial charge in [0.15, 0.2) is 5.13 Å². The number of aromatic nitrogens is 1. The summed E-state index contributed by atoms with van der Waals surface area (Å²) in [6, 6.07) is 14.3. The third kappa shape index (κ3) is 4.13. The lowest BCUT2D eigenvalue weighted by Gasteiger charge is -2.23. The molecular weight excluding hydrogens is 523 g/mol. The maximum atomic E-state index is 13.9. The molecule has 1 amide bonds. The van der Waals surface area contributed by atoms with E-state index in [0.29, 0.717) is 33.5 Å². The molecule has 1 fully saturated rings. The summed E-state index contributed by atoms with van der Waals surface area (Å²) in [6.45, 7) is 1.94. The first-order chi connectivity index (χ1) is 18.7. The number of Topliss-reactive ketones (excluding diaryl/α,β-unsaturated/α-hetero) is 1. The Labute approximate surface area is 225 Å². The third-order valence-corrected chi connectivity index (χ3v) is 7.82. The molecule has 39 heavy (non-hydrogen) atoms. The molecule has 3 heterocycles. The maximum absolute atomic E-state index is 13.9. The molecule has 10 heteroatoms. The van der Waals surface area contributed by atoms with Crippen LogP contribution in [0.3, 0.4) is 0 Å². The van der Waals surface area contributed by atoms with Gasteiger partial charge in [0.2, 0.25) is 0 Å². The monoisotopic (exact) mass is 544 g/mol. The van der Waals surface area contributed by atoms with E-state index in [2.05, 4.69) is 4.98 Å². The number of rotatable bonds is 4. The van der Waals surface area contributed by atoms with Crippen molar-refractivity contribution in [1.29, 1.82) is 0 Å². The Morgan fingerprint density at radius 1 is 1.10 bits per heavy atom. The molecule has 3 aromatic carbocycles. The number of fused-ring (bicyclic) bond motifs is 2. The van der Waals surface area contributed by atoms with Crippen LogP contribution in [0.25, 0.3) is 16.0 Å². The number of benzene rings is 3. The Morgan fingerprint density at radius 2 is 1.85 bits per heavy atom. The molecule has 6 rings (SSSR count). The number of hydrogen-bond donors (Lipinski definition) is 1. The molecule has 4 aromatic rings. The molecule has 0 radical (unpaired) electrons. The van der Waals surface area contributed by atoms with Crippen molar-refractivity contribution in [2.45, 2.75) is 25.5 Å². The molecule has 0 saturated carbocycles. The first-order valence-electron chi connectivity index (χ1n) is 12.1. The summed E-state index contributed by atoms with van der Waals surface area (Å²) < 4.78 is 24.9. The number of hydrogen-bond acceptors (Lipinski definition) is 8. The Bertz CT molecular complexity index is 1710. The summed E-state index contributed by atoms with van der Waals surface area (Å²) in [5, 5.41) is 11.6. The Hall–Kier alpha value is -4.57. The van der Waals surface area contributed by atoms with Crippen molar-refractivity contribution >= 4 is 50.1 Å². The van der Waals surface area contributed by atoms with E-state index in [1.54, 1.807) is 30.3 Å². The topological polar surface area (TPSA) is 106 Å². The molecule has 2 aliphatic heterocycles. The molecule has 1 saturated heterocycles. The van der Waals surface area contributed by atoms with Crippen LogP contribution in [-0.4, -0.2) is 41.0 Å². The Balaban J connectivity index is 1.52. The fourth-order valence-electron chi connectivity index (χ4n) is 4.98. The molecule has 0 unspecified atom stereocenters. The summed E-state index contributed by atoms with van der Waals surface area (Å²) in [5.74, 6) is -2.40. The number of carbonyl (C=O) groups excluding carboxylic acids is 3. The van der Waals surface area contributed by atoms with Gasteiger partial charge in [0, 0.05) is 12.0 Å². The molecule has 0 bridgehead atoms. The first kappa shape index (κ1) is 24.7. The minimum Gasteiger partial charge on any atom is -0.507 e. The predicted molar refractivity (Wildman–Crippen MR) is 142 cm³/mol. The van der Waals surface area contributed by atoms with Gasteiger partial charge >= 0.3 is 11.9 Å². The number of halogens is 1. The van der Waals surface area contributed by atoms with Gasteiger partial charge in [0.25, 0.3) is 5.78 Å². The number of carbonyl (C=O) groups is 3. The van der Waals surface area contributed by atoms with Crippen LogP contribution in [0.1, 0.15) is 40.0 Å². The smallest absolute Gasteiger partial charge is 0.337 e. The highest BCUT2D eigenvalue weighted by Gasteiger charge is 2.48. The molecule has 0 aliphatic carbocycles. The minimum absolute atomic E-state index is 0.0137. The normalized spacial score (nSPS) is 19.8. The number of amides is 1.